The number of rotatable bonds is 1. The van der Waals surface area contributed by atoms with E-state index < -0.39 is 0 Å². The van der Waals surface area contributed by atoms with Crippen molar-refractivity contribution in [3.8, 4) is 27.9 Å². The largest absolute Gasteiger partial charge is 0.456 e. The highest BCUT2D eigenvalue weighted by Crippen LogP contribution is 2.53. The Morgan fingerprint density at radius 1 is 0.531 bits per heavy atom. The zero-order valence-corrected chi connectivity index (χ0v) is 38.4. The van der Waals surface area contributed by atoms with Gasteiger partial charge >= 0.3 is 6.85 Å². The first-order valence-electron chi connectivity index (χ1n) is 22.9. The monoisotopic (exact) mass is 842 g/mol. The Hall–Kier alpha value is -6.56. The van der Waals surface area contributed by atoms with E-state index >= 15 is 0 Å². The van der Waals surface area contributed by atoms with Crippen LogP contribution in [0.2, 0.25) is 0 Å². The Morgan fingerprint density at radius 2 is 1.28 bits per heavy atom. The van der Waals surface area contributed by atoms with Crippen LogP contribution in [0.1, 0.15) is 77.6 Å². The number of hydrogen-bond donors (Lipinski definition) is 0. The number of anilines is 2. The van der Waals surface area contributed by atoms with Crippen LogP contribution >= 0.6 is 11.3 Å². The molecule has 8 aromatic carbocycles. The minimum absolute atomic E-state index is 0.0331. The molecular weight excluding hydrogens is 796 g/mol. The van der Waals surface area contributed by atoms with Gasteiger partial charge in [-0.3, -0.25) is 0 Å². The quantitative estimate of drug-likeness (QED) is 0.154. The fourth-order valence-electron chi connectivity index (χ4n) is 12.0. The lowest BCUT2D eigenvalue weighted by Gasteiger charge is -2.42. The van der Waals surface area contributed by atoms with Crippen molar-refractivity contribution in [1.29, 1.82) is 0 Å². The Morgan fingerprint density at radius 3 is 2.09 bits per heavy atom. The highest BCUT2D eigenvalue weighted by Gasteiger charge is 2.46. The molecule has 11 aromatic rings. The first-order chi connectivity index (χ1) is 30.8. The summed E-state index contributed by atoms with van der Waals surface area (Å²) in [6.07, 6.45) is 0. The van der Waals surface area contributed by atoms with E-state index in [0.717, 1.165) is 16.6 Å². The first-order valence-corrected chi connectivity index (χ1v) is 23.7. The maximum atomic E-state index is 6.60. The van der Waals surface area contributed by atoms with E-state index in [1.54, 1.807) is 0 Å². The summed E-state index contributed by atoms with van der Waals surface area (Å²) in [4.78, 5) is 2.71. The molecule has 0 radical (unpaired) electrons. The van der Waals surface area contributed by atoms with Gasteiger partial charge in [-0.1, -0.05) is 134 Å². The smallest absolute Gasteiger partial charge is 0.333 e. The topological polar surface area (TPSA) is 21.3 Å². The molecule has 64 heavy (non-hydrogen) atoms. The van der Waals surface area contributed by atoms with Gasteiger partial charge < -0.3 is 13.8 Å². The molecule has 0 unspecified atom stereocenters. The summed E-state index contributed by atoms with van der Waals surface area (Å²) >= 11 is 1.92. The fourth-order valence-corrected chi connectivity index (χ4v) is 13.1. The lowest BCUT2D eigenvalue weighted by molar-refractivity contribution is 0.590. The molecule has 3 nitrogen and oxygen atoms in total. The molecule has 3 aromatic heterocycles. The predicted octanol–water partition coefficient (Wildman–Crippen LogP) is 15.2. The van der Waals surface area contributed by atoms with E-state index in [0.29, 0.717) is 0 Å². The summed E-state index contributed by atoms with van der Waals surface area (Å²) in [6.45, 7) is 18.6. The third-order valence-corrected chi connectivity index (χ3v) is 16.4. The average Bonchev–Trinajstić information content (AvgIpc) is 4.00. The molecule has 0 fully saturated rings. The molecule has 14 rings (SSSR count). The summed E-state index contributed by atoms with van der Waals surface area (Å²) in [5.74, 6) is 0. The minimum Gasteiger partial charge on any atom is -0.456 e. The van der Waals surface area contributed by atoms with Gasteiger partial charge in [0.05, 0.1) is 11.0 Å². The van der Waals surface area contributed by atoms with Crippen molar-refractivity contribution in [3.63, 3.8) is 0 Å². The molecule has 0 spiro atoms. The first kappa shape index (κ1) is 36.9. The van der Waals surface area contributed by atoms with Crippen LogP contribution in [-0.4, -0.2) is 11.4 Å². The summed E-state index contributed by atoms with van der Waals surface area (Å²) in [6, 6.07) is 53.9. The van der Waals surface area contributed by atoms with E-state index in [-0.39, 0.29) is 23.1 Å². The van der Waals surface area contributed by atoms with Gasteiger partial charge in [-0.2, -0.15) is 0 Å². The van der Waals surface area contributed by atoms with Gasteiger partial charge in [0.1, 0.15) is 11.2 Å². The molecule has 0 bridgehead atoms. The zero-order chi connectivity index (χ0) is 43.3. The van der Waals surface area contributed by atoms with Crippen LogP contribution in [0.5, 0.6) is 0 Å². The summed E-state index contributed by atoms with van der Waals surface area (Å²) < 4.78 is 11.9. The number of benzene rings is 8. The van der Waals surface area contributed by atoms with Crippen LogP contribution < -0.4 is 15.7 Å². The molecule has 0 saturated carbocycles. The Kier molecular flexibility index (Phi) is 6.89. The maximum absolute atomic E-state index is 6.60. The maximum Gasteiger partial charge on any atom is 0.333 e. The normalized spacial score (nSPS) is 14.9. The summed E-state index contributed by atoms with van der Waals surface area (Å²) in [5.41, 5.74) is 21.5. The van der Waals surface area contributed by atoms with Gasteiger partial charge in [0.15, 0.2) is 0 Å². The van der Waals surface area contributed by atoms with E-state index in [9.17, 15) is 0 Å². The van der Waals surface area contributed by atoms with Gasteiger partial charge in [-0.25, -0.2) is 0 Å². The van der Waals surface area contributed by atoms with E-state index in [1.807, 2.05) is 11.3 Å². The second kappa shape index (κ2) is 12.0. The van der Waals surface area contributed by atoms with E-state index in [1.165, 1.54) is 120 Å². The number of furan rings is 1. The Labute approximate surface area is 377 Å². The molecule has 3 aliphatic rings. The van der Waals surface area contributed by atoms with Crippen molar-refractivity contribution in [3.05, 3.63) is 162 Å². The van der Waals surface area contributed by atoms with Crippen LogP contribution in [0.15, 0.2) is 144 Å². The van der Waals surface area contributed by atoms with Crippen LogP contribution in [0.4, 0.5) is 11.4 Å². The molecule has 5 heterocycles. The van der Waals surface area contributed by atoms with Crippen LogP contribution in [0, 0.1) is 0 Å². The van der Waals surface area contributed by atoms with Crippen molar-refractivity contribution < 1.29 is 4.42 Å². The van der Waals surface area contributed by atoms with Gasteiger partial charge in [0.25, 0.3) is 0 Å². The number of para-hydroxylation sites is 1. The van der Waals surface area contributed by atoms with Crippen LogP contribution in [-0.2, 0) is 16.2 Å². The van der Waals surface area contributed by atoms with Crippen LogP contribution in [0.3, 0.4) is 0 Å². The van der Waals surface area contributed by atoms with Crippen molar-refractivity contribution in [2.24, 2.45) is 0 Å². The van der Waals surface area contributed by atoms with E-state index in [2.05, 4.69) is 204 Å². The molecule has 308 valence electrons. The third-order valence-electron chi connectivity index (χ3n) is 15.3. The van der Waals surface area contributed by atoms with Crippen molar-refractivity contribution in [2.75, 3.05) is 4.81 Å². The average molecular weight is 843 g/mol. The van der Waals surface area contributed by atoms with Crippen LogP contribution in [0.25, 0.3) is 91.9 Å². The number of hydrogen-bond acceptors (Lipinski definition) is 3. The fraction of sp³-hybridized carbons (Fsp3) is 0.186. The summed E-state index contributed by atoms with van der Waals surface area (Å²) in [7, 11) is 0. The lowest BCUT2D eigenvalue weighted by atomic mass is 9.43. The molecule has 0 N–H and O–H groups in total. The SMILES string of the molecule is CC(C)(C)c1ccc(N2B3c4cc5c(cc4-n4c6ccc7oc8ccccc8c7c6c6ccc(c3c64)-c3cc4sc6ccc(C(C)(C)C)cc6c4cc32)C(C)(C)c2ccccc2-5)cc1. The second-order valence-electron chi connectivity index (χ2n) is 21.3. The molecule has 0 saturated heterocycles. The highest BCUT2D eigenvalue weighted by molar-refractivity contribution is 7.25. The van der Waals surface area contributed by atoms with Crippen molar-refractivity contribution in [1.82, 2.24) is 4.57 Å². The molecule has 1 aliphatic carbocycles. The molecule has 5 heteroatoms. The predicted molar refractivity (Wildman–Crippen MR) is 275 cm³/mol. The second-order valence-corrected chi connectivity index (χ2v) is 22.4. The lowest BCUT2D eigenvalue weighted by Crippen LogP contribution is -2.60. The highest BCUT2D eigenvalue weighted by atomic mass is 32.1. The third kappa shape index (κ3) is 4.63. The van der Waals surface area contributed by atoms with Crippen molar-refractivity contribution in [2.45, 2.75) is 71.6 Å². The van der Waals surface area contributed by atoms with Gasteiger partial charge in [-0.15, -0.1) is 11.3 Å². The minimum atomic E-state index is -0.154. The molecule has 0 atom stereocenters. The Balaban J connectivity index is 1.16. The zero-order valence-electron chi connectivity index (χ0n) is 37.6. The molecule has 2 aliphatic heterocycles. The summed E-state index contributed by atoms with van der Waals surface area (Å²) in [5, 5.41) is 7.56. The number of aromatic nitrogens is 1. The van der Waals surface area contributed by atoms with Crippen molar-refractivity contribution >= 4 is 104 Å². The number of fused-ring (bicyclic) bond motifs is 18. The number of thiophene rings is 1. The van der Waals surface area contributed by atoms with Gasteiger partial charge in [-0.05, 0) is 121 Å². The standard InChI is InChI=1S/C59H47BN2OS/c1-57(2,3)32-17-20-34(21-18-32)62-47-29-42-41-27-33(58(4,5)6)19-26-51(41)64-52(42)30-40(47)36-22-23-38-53-46(24-25-50-54(53)37-14-10-12-16-49(37)63-50)61-48-31-44-39(28-45(48)60(62)55(36)56(38)61)35-13-9-11-15-43(35)59(44,7)8/h9-31H,1-8H3. The molecule has 0 amide bonds. The van der Waals surface area contributed by atoms with Gasteiger partial charge in [0.2, 0.25) is 0 Å². The Bertz CT molecular complexity index is 3900. The molecular formula is C59H47BN2OS. The van der Waals surface area contributed by atoms with E-state index in [4.69, 9.17) is 4.42 Å². The van der Waals surface area contributed by atoms with Gasteiger partial charge in [0, 0.05) is 69.8 Å². The number of nitrogens with zero attached hydrogens (tertiary/aromatic N) is 2.